The highest BCUT2D eigenvalue weighted by Gasteiger charge is 1.99. The molecule has 1 aromatic rings. The number of ether oxygens (including phenoxy) is 3. The average Bonchev–Trinajstić information content (AvgIpc) is 2.27. The summed E-state index contributed by atoms with van der Waals surface area (Å²) in [6.45, 7) is 2.68. The fraction of sp³-hybridized carbons (Fsp3) is 0.364. The lowest BCUT2D eigenvalue weighted by molar-refractivity contribution is 0.305. The molecule has 4 nitrogen and oxygen atoms in total. The fourth-order valence-electron chi connectivity index (χ4n) is 1.03. The second kappa shape index (κ2) is 5.90. The van der Waals surface area contributed by atoms with Crippen molar-refractivity contribution >= 4 is 5.90 Å². The molecular formula is C11H15NO3. The maximum atomic E-state index is 7.24. The number of methoxy groups -OCH3 is 1. The van der Waals surface area contributed by atoms with Crippen LogP contribution >= 0.6 is 0 Å². The molecule has 0 atom stereocenters. The lowest BCUT2D eigenvalue weighted by Gasteiger charge is -2.08. The Balaban J connectivity index is 2.53. The minimum absolute atomic E-state index is 0.0943. The van der Waals surface area contributed by atoms with Crippen LogP contribution in [0.25, 0.3) is 0 Å². The lowest BCUT2D eigenvalue weighted by atomic mass is 10.3. The van der Waals surface area contributed by atoms with E-state index >= 15 is 0 Å². The largest absolute Gasteiger partial charge is 0.494 e. The number of hydrogen-bond acceptors (Lipinski definition) is 4. The maximum Gasteiger partial charge on any atom is 0.219 e. The summed E-state index contributed by atoms with van der Waals surface area (Å²) in [6.07, 6.45) is 0. The van der Waals surface area contributed by atoms with Crippen LogP contribution in [-0.4, -0.2) is 26.2 Å². The molecule has 0 saturated carbocycles. The molecule has 15 heavy (non-hydrogen) atoms. The van der Waals surface area contributed by atoms with Gasteiger partial charge in [-0.2, -0.15) is 0 Å². The summed E-state index contributed by atoms with van der Waals surface area (Å²) in [6, 6.07) is 7.30. The summed E-state index contributed by atoms with van der Waals surface area (Å²) in [4.78, 5) is 0. The van der Waals surface area contributed by atoms with Crippen LogP contribution < -0.4 is 9.47 Å². The Labute approximate surface area is 89.3 Å². The monoisotopic (exact) mass is 209 g/mol. The normalized spacial score (nSPS) is 9.47. The Hall–Kier alpha value is -1.71. The summed E-state index contributed by atoms with van der Waals surface area (Å²) in [5.41, 5.74) is 0. The van der Waals surface area contributed by atoms with E-state index in [-0.39, 0.29) is 12.5 Å². The van der Waals surface area contributed by atoms with Crippen LogP contribution in [0.2, 0.25) is 0 Å². The first kappa shape index (κ1) is 11.4. The summed E-state index contributed by atoms with van der Waals surface area (Å²) in [5.74, 6) is 1.53. The van der Waals surface area contributed by atoms with Crippen LogP contribution in [0.15, 0.2) is 24.3 Å². The molecule has 0 saturated heterocycles. The Bertz CT molecular complexity index is 325. The third-order valence-corrected chi connectivity index (χ3v) is 1.73. The SMILES string of the molecule is CCOc1cccc(OCC(=N)OC)c1. The van der Waals surface area contributed by atoms with Gasteiger partial charge >= 0.3 is 0 Å². The fourth-order valence-corrected chi connectivity index (χ4v) is 1.03. The van der Waals surface area contributed by atoms with Crippen molar-refractivity contribution in [3.63, 3.8) is 0 Å². The molecule has 0 radical (unpaired) electrons. The highest BCUT2D eigenvalue weighted by Crippen LogP contribution is 2.19. The Morgan fingerprint density at radius 2 is 1.93 bits per heavy atom. The molecule has 0 unspecified atom stereocenters. The molecule has 0 bridgehead atoms. The molecular weight excluding hydrogens is 194 g/mol. The summed E-state index contributed by atoms with van der Waals surface area (Å²) in [7, 11) is 1.45. The van der Waals surface area contributed by atoms with Crippen molar-refractivity contribution in [3.8, 4) is 11.5 Å². The number of benzene rings is 1. The van der Waals surface area contributed by atoms with Crippen molar-refractivity contribution in [1.29, 1.82) is 5.41 Å². The third-order valence-electron chi connectivity index (χ3n) is 1.73. The summed E-state index contributed by atoms with van der Waals surface area (Å²) in [5, 5.41) is 7.24. The van der Waals surface area contributed by atoms with Gasteiger partial charge in [-0.15, -0.1) is 0 Å². The van der Waals surface area contributed by atoms with Gasteiger partial charge in [0.05, 0.1) is 13.7 Å². The van der Waals surface area contributed by atoms with Gasteiger partial charge in [0, 0.05) is 6.07 Å². The third kappa shape index (κ3) is 3.89. The first-order valence-electron chi connectivity index (χ1n) is 4.73. The molecule has 0 spiro atoms. The average molecular weight is 209 g/mol. The van der Waals surface area contributed by atoms with Crippen LogP contribution in [0.4, 0.5) is 0 Å². The van der Waals surface area contributed by atoms with E-state index in [1.807, 2.05) is 25.1 Å². The lowest BCUT2D eigenvalue weighted by Crippen LogP contribution is -2.11. The van der Waals surface area contributed by atoms with Crippen molar-refractivity contribution < 1.29 is 14.2 Å². The number of hydrogen-bond donors (Lipinski definition) is 1. The summed E-state index contributed by atoms with van der Waals surface area (Å²) < 4.78 is 15.3. The minimum atomic E-state index is 0.0943. The van der Waals surface area contributed by atoms with Gasteiger partial charge in [0.25, 0.3) is 0 Å². The molecule has 0 amide bonds. The van der Waals surface area contributed by atoms with Gasteiger partial charge in [-0.3, -0.25) is 5.41 Å². The van der Waals surface area contributed by atoms with Crippen molar-refractivity contribution in [2.24, 2.45) is 0 Å². The van der Waals surface area contributed by atoms with E-state index in [1.54, 1.807) is 6.07 Å². The Kier molecular flexibility index (Phi) is 4.47. The van der Waals surface area contributed by atoms with E-state index in [0.717, 1.165) is 5.75 Å². The molecule has 0 aromatic heterocycles. The Morgan fingerprint density at radius 3 is 2.53 bits per heavy atom. The standard InChI is InChI=1S/C11H15NO3/c1-3-14-9-5-4-6-10(7-9)15-8-11(12)13-2/h4-7,12H,3,8H2,1-2H3. The van der Waals surface area contributed by atoms with Crippen LogP contribution in [0.5, 0.6) is 11.5 Å². The van der Waals surface area contributed by atoms with Gasteiger partial charge in [0.1, 0.15) is 11.5 Å². The first-order chi connectivity index (χ1) is 7.26. The predicted octanol–water partition coefficient (Wildman–Crippen LogP) is 2.09. The minimum Gasteiger partial charge on any atom is -0.494 e. The van der Waals surface area contributed by atoms with Gasteiger partial charge in [-0.1, -0.05) is 6.07 Å². The number of nitrogens with one attached hydrogen (secondary N) is 1. The Morgan fingerprint density at radius 1 is 1.27 bits per heavy atom. The molecule has 0 fully saturated rings. The molecule has 0 aliphatic rings. The van der Waals surface area contributed by atoms with Crippen LogP contribution in [-0.2, 0) is 4.74 Å². The number of rotatable bonds is 5. The molecule has 0 aliphatic heterocycles. The predicted molar refractivity (Wildman–Crippen MR) is 57.8 cm³/mol. The molecule has 82 valence electrons. The van der Waals surface area contributed by atoms with Gasteiger partial charge < -0.3 is 14.2 Å². The van der Waals surface area contributed by atoms with Gasteiger partial charge in [0.2, 0.25) is 5.90 Å². The van der Waals surface area contributed by atoms with E-state index in [1.165, 1.54) is 7.11 Å². The topological polar surface area (TPSA) is 51.5 Å². The van der Waals surface area contributed by atoms with Gasteiger partial charge in [-0.05, 0) is 19.1 Å². The van der Waals surface area contributed by atoms with Crippen molar-refractivity contribution in [2.75, 3.05) is 20.3 Å². The zero-order chi connectivity index (χ0) is 11.1. The van der Waals surface area contributed by atoms with Crippen LogP contribution in [0.1, 0.15) is 6.92 Å². The second-order valence-corrected chi connectivity index (χ2v) is 2.82. The van der Waals surface area contributed by atoms with E-state index in [4.69, 9.17) is 14.9 Å². The molecule has 0 heterocycles. The van der Waals surface area contributed by atoms with Crippen molar-refractivity contribution in [1.82, 2.24) is 0 Å². The van der Waals surface area contributed by atoms with E-state index in [2.05, 4.69) is 4.74 Å². The van der Waals surface area contributed by atoms with Gasteiger partial charge in [-0.25, -0.2) is 0 Å². The molecule has 1 aromatic carbocycles. The zero-order valence-corrected chi connectivity index (χ0v) is 8.95. The molecule has 4 heteroatoms. The van der Waals surface area contributed by atoms with Crippen molar-refractivity contribution in [3.05, 3.63) is 24.3 Å². The maximum absolute atomic E-state index is 7.24. The van der Waals surface area contributed by atoms with Crippen molar-refractivity contribution in [2.45, 2.75) is 6.92 Å². The van der Waals surface area contributed by atoms with Crippen LogP contribution in [0.3, 0.4) is 0 Å². The smallest absolute Gasteiger partial charge is 0.219 e. The highest BCUT2D eigenvalue weighted by molar-refractivity contribution is 5.74. The van der Waals surface area contributed by atoms with E-state index in [9.17, 15) is 0 Å². The zero-order valence-electron chi connectivity index (χ0n) is 8.95. The van der Waals surface area contributed by atoms with Crippen LogP contribution in [0, 0.1) is 5.41 Å². The molecule has 1 rings (SSSR count). The van der Waals surface area contributed by atoms with E-state index in [0.29, 0.717) is 12.4 Å². The van der Waals surface area contributed by atoms with E-state index < -0.39 is 0 Å². The molecule has 1 N–H and O–H groups in total. The highest BCUT2D eigenvalue weighted by atomic mass is 16.5. The summed E-state index contributed by atoms with van der Waals surface area (Å²) >= 11 is 0. The second-order valence-electron chi connectivity index (χ2n) is 2.82. The molecule has 0 aliphatic carbocycles. The van der Waals surface area contributed by atoms with Gasteiger partial charge in [0.15, 0.2) is 6.61 Å². The first-order valence-corrected chi connectivity index (χ1v) is 4.73. The quantitative estimate of drug-likeness (QED) is 0.596.